The van der Waals surface area contributed by atoms with E-state index in [1.54, 1.807) is 12.1 Å². The van der Waals surface area contributed by atoms with Crippen molar-refractivity contribution in [1.29, 1.82) is 0 Å². The number of ether oxygens (including phenoxy) is 1. The maximum Gasteiger partial charge on any atom is 0.221 e. The molecule has 1 aliphatic rings. The number of benzene rings is 2. The van der Waals surface area contributed by atoms with Crippen LogP contribution in [0.25, 0.3) is 11.3 Å². The average molecular weight is 469 g/mol. The Hall–Kier alpha value is -3.13. The van der Waals surface area contributed by atoms with Gasteiger partial charge in [-0.05, 0) is 62.4 Å². The number of nitrogens with one attached hydrogen (secondary N) is 1. The Bertz CT molecular complexity index is 1280. The van der Waals surface area contributed by atoms with Gasteiger partial charge in [0.05, 0.1) is 24.6 Å². The molecule has 0 radical (unpaired) electrons. The second-order valence-corrected chi connectivity index (χ2v) is 10.4. The summed E-state index contributed by atoms with van der Waals surface area (Å²) in [5.74, 6) is 0.146. The summed E-state index contributed by atoms with van der Waals surface area (Å²) >= 11 is 0. The molecule has 2 aromatic carbocycles. The molecule has 8 heteroatoms. The summed E-state index contributed by atoms with van der Waals surface area (Å²) < 4.78 is 37.0. The van der Waals surface area contributed by atoms with Crippen LogP contribution in [0.2, 0.25) is 0 Å². The van der Waals surface area contributed by atoms with Gasteiger partial charge in [-0.3, -0.25) is 4.79 Å². The van der Waals surface area contributed by atoms with E-state index in [-0.39, 0.29) is 34.8 Å². The monoisotopic (exact) mass is 468 g/mol. The Labute approximate surface area is 194 Å². The van der Waals surface area contributed by atoms with Gasteiger partial charge in [0.2, 0.25) is 5.91 Å². The molecule has 1 aliphatic carbocycles. The van der Waals surface area contributed by atoms with Gasteiger partial charge >= 0.3 is 0 Å². The molecule has 1 amide bonds. The minimum atomic E-state index is -3.78. The molecule has 1 unspecified atom stereocenters. The van der Waals surface area contributed by atoms with Crippen LogP contribution >= 0.6 is 0 Å². The van der Waals surface area contributed by atoms with Gasteiger partial charge in [0.1, 0.15) is 10.6 Å². The number of carbonyl (C=O) groups is 1. The molecule has 1 heterocycles. The molecule has 0 aliphatic heterocycles. The molecule has 1 atom stereocenters. The number of hydrogen-bond acceptors (Lipinski definition) is 6. The highest BCUT2D eigenvalue weighted by Crippen LogP contribution is 2.33. The fraction of sp³-hybridized carbons (Fsp3) is 0.360. The highest BCUT2D eigenvalue weighted by molar-refractivity contribution is 7.91. The number of methoxy groups -OCH3 is 1. The molecule has 0 bridgehead atoms. The van der Waals surface area contributed by atoms with E-state index in [1.165, 1.54) is 18.7 Å². The molecule has 3 aromatic rings. The van der Waals surface area contributed by atoms with Crippen molar-refractivity contribution in [2.75, 3.05) is 12.9 Å². The summed E-state index contributed by atoms with van der Waals surface area (Å²) in [6.45, 7) is 3.69. The first-order valence-corrected chi connectivity index (χ1v) is 12.7. The van der Waals surface area contributed by atoms with Crippen molar-refractivity contribution in [3.05, 3.63) is 64.8 Å². The number of aryl methyl sites for hydroxylation is 2. The molecule has 0 fully saturated rings. The predicted molar refractivity (Wildman–Crippen MR) is 125 cm³/mol. The summed E-state index contributed by atoms with van der Waals surface area (Å²) in [7, 11) is -2.36. The van der Waals surface area contributed by atoms with Gasteiger partial charge in [-0.1, -0.05) is 29.4 Å². The second kappa shape index (κ2) is 9.39. The number of rotatable bonds is 7. The third kappa shape index (κ3) is 4.80. The van der Waals surface area contributed by atoms with E-state index in [9.17, 15) is 13.2 Å². The van der Waals surface area contributed by atoms with Gasteiger partial charge < -0.3 is 14.6 Å². The minimum Gasteiger partial charge on any atom is -0.495 e. The SMILES string of the molecule is COc1ccc(-c2onc(C)c2C)cc1S(=O)(=O)CCC(=O)NC1CCCc2ccccc21. The smallest absolute Gasteiger partial charge is 0.221 e. The van der Waals surface area contributed by atoms with Crippen molar-refractivity contribution in [3.8, 4) is 17.1 Å². The Kier molecular flexibility index (Phi) is 6.56. The van der Waals surface area contributed by atoms with Crippen LogP contribution in [0, 0.1) is 13.8 Å². The summed E-state index contributed by atoms with van der Waals surface area (Å²) in [6, 6.07) is 12.8. The molecule has 0 saturated heterocycles. The lowest BCUT2D eigenvalue weighted by Gasteiger charge is -2.26. The summed E-state index contributed by atoms with van der Waals surface area (Å²) in [5.41, 5.74) is 4.53. The fourth-order valence-corrected chi connectivity index (χ4v) is 5.69. The Morgan fingerprint density at radius 3 is 2.73 bits per heavy atom. The van der Waals surface area contributed by atoms with Gasteiger partial charge in [-0.25, -0.2) is 8.42 Å². The summed E-state index contributed by atoms with van der Waals surface area (Å²) in [6.07, 6.45) is 2.71. The number of carbonyl (C=O) groups excluding carboxylic acids is 1. The minimum absolute atomic E-state index is 0.0340. The van der Waals surface area contributed by atoms with Crippen molar-refractivity contribution in [1.82, 2.24) is 10.5 Å². The van der Waals surface area contributed by atoms with Gasteiger partial charge in [0, 0.05) is 17.5 Å². The molecule has 0 spiro atoms. The predicted octanol–water partition coefficient (Wildman–Crippen LogP) is 4.32. The van der Waals surface area contributed by atoms with Crippen LogP contribution in [0.5, 0.6) is 5.75 Å². The average Bonchev–Trinajstić information content (AvgIpc) is 3.16. The van der Waals surface area contributed by atoms with Crippen LogP contribution in [0.15, 0.2) is 51.9 Å². The lowest BCUT2D eigenvalue weighted by atomic mass is 9.88. The van der Waals surface area contributed by atoms with Crippen molar-refractivity contribution in [2.24, 2.45) is 0 Å². The maximum absolute atomic E-state index is 13.2. The third-order valence-corrected chi connectivity index (χ3v) is 7.95. The maximum atomic E-state index is 13.2. The number of fused-ring (bicyclic) bond motifs is 1. The topological polar surface area (TPSA) is 98.5 Å². The lowest BCUT2D eigenvalue weighted by Crippen LogP contribution is -2.32. The molecule has 1 aromatic heterocycles. The van der Waals surface area contributed by atoms with Crippen LogP contribution in [0.3, 0.4) is 0 Å². The zero-order chi connectivity index (χ0) is 23.6. The first kappa shape index (κ1) is 23.0. The Morgan fingerprint density at radius 1 is 1.21 bits per heavy atom. The molecule has 0 saturated carbocycles. The van der Waals surface area contributed by atoms with Gasteiger partial charge in [-0.15, -0.1) is 0 Å². The van der Waals surface area contributed by atoms with E-state index >= 15 is 0 Å². The molecular formula is C25H28N2O5S. The van der Waals surface area contributed by atoms with Crippen molar-refractivity contribution >= 4 is 15.7 Å². The highest BCUT2D eigenvalue weighted by Gasteiger charge is 2.25. The lowest BCUT2D eigenvalue weighted by molar-refractivity contribution is -0.121. The number of amides is 1. The summed E-state index contributed by atoms with van der Waals surface area (Å²) in [4.78, 5) is 12.7. The van der Waals surface area contributed by atoms with E-state index in [0.29, 0.717) is 11.3 Å². The number of nitrogens with zero attached hydrogens (tertiary/aromatic N) is 1. The molecule has 7 nitrogen and oxygen atoms in total. The molecule has 33 heavy (non-hydrogen) atoms. The van der Waals surface area contributed by atoms with Crippen LogP contribution in [0.1, 0.15) is 47.7 Å². The van der Waals surface area contributed by atoms with Gasteiger partial charge in [0.25, 0.3) is 0 Å². The third-order valence-electron chi connectivity index (χ3n) is 6.22. The van der Waals surface area contributed by atoms with E-state index in [1.807, 2.05) is 32.0 Å². The zero-order valence-electron chi connectivity index (χ0n) is 19.1. The molecule has 1 N–H and O–H groups in total. The number of aromatic nitrogens is 1. The molecular weight excluding hydrogens is 440 g/mol. The quantitative estimate of drug-likeness (QED) is 0.554. The zero-order valence-corrected chi connectivity index (χ0v) is 19.9. The standard InChI is InChI=1S/C25H28N2O5S/c1-16-17(2)27-32-25(16)19-11-12-22(31-3)23(15-19)33(29,30)14-13-24(28)26-21-10-6-8-18-7-4-5-9-20(18)21/h4-5,7,9,11-12,15,21H,6,8,10,13-14H2,1-3H3,(H,26,28). The first-order valence-electron chi connectivity index (χ1n) is 11.0. The fourth-order valence-electron chi connectivity index (χ4n) is 4.25. The first-order chi connectivity index (χ1) is 15.8. The largest absolute Gasteiger partial charge is 0.495 e. The van der Waals surface area contributed by atoms with E-state index in [2.05, 4.69) is 16.5 Å². The molecule has 174 valence electrons. The Morgan fingerprint density at radius 2 is 2.00 bits per heavy atom. The van der Waals surface area contributed by atoms with E-state index in [4.69, 9.17) is 9.26 Å². The van der Waals surface area contributed by atoms with Gasteiger partial charge in [0.15, 0.2) is 15.6 Å². The van der Waals surface area contributed by atoms with E-state index < -0.39 is 9.84 Å². The van der Waals surface area contributed by atoms with E-state index in [0.717, 1.165) is 36.1 Å². The number of hydrogen-bond donors (Lipinski definition) is 1. The van der Waals surface area contributed by atoms with Crippen LogP contribution < -0.4 is 10.1 Å². The van der Waals surface area contributed by atoms with Crippen LogP contribution in [-0.2, 0) is 21.1 Å². The summed E-state index contributed by atoms with van der Waals surface area (Å²) in [5, 5.41) is 6.97. The Balaban J connectivity index is 1.50. The molecule has 4 rings (SSSR count). The van der Waals surface area contributed by atoms with Crippen molar-refractivity contribution in [2.45, 2.75) is 50.5 Å². The van der Waals surface area contributed by atoms with Crippen LogP contribution in [-0.4, -0.2) is 32.3 Å². The van der Waals surface area contributed by atoms with Crippen molar-refractivity contribution in [3.63, 3.8) is 0 Å². The van der Waals surface area contributed by atoms with Crippen molar-refractivity contribution < 1.29 is 22.5 Å². The highest BCUT2D eigenvalue weighted by atomic mass is 32.2. The second-order valence-electron chi connectivity index (χ2n) is 8.37. The van der Waals surface area contributed by atoms with Gasteiger partial charge in [-0.2, -0.15) is 0 Å². The number of sulfone groups is 1. The normalized spacial score (nSPS) is 15.7. The van der Waals surface area contributed by atoms with Crippen LogP contribution in [0.4, 0.5) is 0 Å².